The van der Waals surface area contributed by atoms with E-state index in [1.54, 1.807) is 0 Å². The van der Waals surface area contributed by atoms with E-state index in [4.69, 9.17) is 9.97 Å². The van der Waals surface area contributed by atoms with Crippen LogP contribution >= 0.6 is 11.3 Å². The van der Waals surface area contributed by atoms with Crippen LogP contribution < -0.4 is 0 Å². The van der Waals surface area contributed by atoms with Crippen LogP contribution in [0.5, 0.6) is 0 Å². The van der Waals surface area contributed by atoms with Gasteiger partial charge in [0.15, 0.2) is 0 Å². The van der Waals surface area contributed by atoms with E-state index in [0.717, 1.165) is 39.1 Å². The summed E-state index contributed by atoms with van der Waals surface area (Å²) in [7, 11) is 0. The first-order valence-electron chi connectivity index (χ1n) is 17.6. The molecule has 0 aliphatic rings. The number of aromatic nitrogens is 3. The molecule has 242 valence electrons. The van der Waals surface area contributed by atoms with Crippen LogP contribution in [0.4, 0.5) is 0 Å². The summed E-state index contributed by atoms with van der Waals surface area (Å²) in [6.45, 7) is 0. The average Bonchev–Trinajstić information content (AvgIpc) is 3.75. The van der Waals surface area contributed by atoms with Gasteiger partial charge in [-0.15, -0.1) is 11.3 Å². The van der Waals surface area contributed by atoms with Crippen molar-refractivity contribution in [2.24, 2.45) is 0 Å². The molecule has 0 unspecified atom stereocenters. The molecule has 0 radical (unpaired) electrons. The Bertz CT molecular complexity index is 3120. The summed E-state index contributed by atoms with van der Waals surface area (Å²) in [5, 5.41) is 9.96. The SMILES string of the molecule is c1ccc(-c2cc(-c3ccccc3)nc(-n3c4cc5ccccc5cc4c4cccc(-c5ccc6c(c5)sc5ccc7ccccc7c56)c43)n2)cc1. The molecule has 8 aromatic carbocycles. The van der Waals surface area contributed by atoms with E-state index in [9.17, 15) is 0 Å². The lowest BCUT2D eigenvalue weighted by molar-refractivity contribution is 0.996. The highest BCUT2D eigenvalue weighted by Gasteiger charge is 2.21. The predicted molar refractivity (Wildman–Crippen MR) is 221 cm³/mol. The summed E-state index contributed by atoms with van der Waals surface area (Å²) in [5.74, 6) is 0.650. The molecule has 0 N–H and O–H groups in total. The van der Waals surface area contributed by atoms with Gasteiger partial charge in [0.25, 0.3) is 0 Å². The molecule has 52 heavy (non-hydrogen) atoms. The van der Waals surface area contributed by atoms with Gasteiger partial charge in [0, 0.05) is 47.6 Å². The number of thiophene rings is 1. The highest BCUT2D eigenvalue weighted by atomic mass is 32.1. The van der Waals surface area contributed by atoms with E-state index in [0.29, 0.717) is 5.95 Å². The van der Waals surface area contributed by atoms with E-state index < -0.39 is 0 Å². The smallest absolute Gasteiger partial charge is 0.235 e. The van der Waals surface area contributed by atoms with Crippen molar-refractivity contribution in [3.05, 3.63) is 176 Å². The zero-order chi connectivity index (χ0) is 34.2. The van der Waals surface area contributed by atoms with Crippen molar-refractivity contribution < 1.29 is 0 Å². The van der Waals surface area contributed by atoms with Crippen molar-refractivity contribution in [3.8, 4) is 39.6 Å². The zero-order valence-electron chi connectivity index (χ0n) is 28.0. The normalized spacial score (nSPS) is 11.8. The van der Waals surface area contributed by atoms with Crippen molar-refractivity contribution in [2.75, 3.05) is 0 Å². The summed E-state index contributed by atoms with van der Waals surface area (Å²) < 4.78 is 4.89. The number of hydrogen-bond acceptors (Lipinski definition) is 3. The molecule has 0 fully saturated rings. The lowest BCUT2D eigenvalue weighted by Gasteiger charge is -2.14. The highest BCUT2D eigenvalue weighted by molar-refractivity contribution is 7.26. The fourth-order valence-corrected chi connectivity index (χ4v) is 9.11. The average molecular weight is 680 g/mol. The Morgan fingerprint density at radius 1 is 0.404 bits per heavy atom. The Hall–Kier alpha value is -6.62. The van der Waals surface area contributed by atoms with Crippen LogP contribution in [0, 0.1) is 0 Å². The lowest BCUT2D eigenvalue weighted by Crippen LogP contribution is -2.04. The largest absolute Gasteiger partial charge is 0.277 e. The van der Waals surface area contributed by atoms with Crippen molar-refractivity contribution in [1.29, 1.82) is 0 Å². The Kier molecular flexibility index (Phi) is 6.42. The molecule has 0 saturated carbocycles. The molecule has 0 aliphatic carbocycles. The van der Waals surface area contributed by atoms with Gasteiger partial charge in [0.05, 0.1) is 22.4 Å². The van der Waals surface area contributed by atoms with Crippen molar-refractivity contribution in [2.45, 2.75) is 0 Å². The van der Waals surface area contributed by atoms with Crippen LogP contribution in [0.2, 0.25) is 0 Å². The standard InChI is InChI=1S/C48H29N3S/c1-3-13-31(14-4-1)41-29-42(32-15-5-2-6-16-32)50-48(49-41)51-43-27-34-18-8-7-17-33(34)26-40(43)38-21-11-20-37(47(38)51)35-22-24-39-45(28-35)52-44-25-23-30-12-9-10-19-36(30)46(39)44/h1-29H. The number of hydrogen-bond donors (Lipinski definition) is 0. The third kappa shape index (κ3) is 4.51. The minimum atomic E-state index is 0.650. The van der Waals surface area contributed by atoms with E-state index in [2.05, 4.69) is 168 Å². The van der Waals surface area contributed by atoms with Gasteiger partial charge in [-0.2, -0.15) is 0 Å². The molecule has 4 heteroatoms. The van der Waals surface area contributed by atoms with Gasteiger partial charge in [0.2, 0.25) is 5.95 Å². The quantitative estimate of drug-likeness (QED) is 0.185. The number of fused-ring (bicyclic) bond motifs is 9. The van der Waals surface area contributed by atoms with Gasteiger partial charge in [-0.1, -0.05) is 146 Å². The molecule has 11 aromatic rings. The molecule has 0 amide bonds. The second-order valence-corrected chi connectivity index (χ2v) is 14.5. The highest BCUT2D eigenvalue weighted by Crippen LogP contribution is 2.43. The number of benzene rings is 8. The maximum Gasteiger partial charge on any atom is 0.235 e. The maximum atomic E-state index is 5.35. The van der Waals surface area contributed by atoms with Gasteiger partial charge in [-0.3, -0.25) is 4.57 Å². The first-order chi connectivity index (χ1) is 25.8. The Balaban J connectivity index is 1.23. The predicted octanol–water partition coefficient (Wildman–Crippen LogP) is 13.2. The minimum absolute atomic E-state index is 0.650. The number of para-hydroxylation sites is 1. The van der Waals surface area contributed by atoms with Gasteiger partial charge in [0.1, 0.15) is 0 Å². The van der Waals surface area contributed by atoms with Crippen LogP contribution in [0.3, 0.4) is 0 Å². The second-order valence-electron chi connectivity index (χ2n) is 13.4. The molecular weight excluding hydrogens is 651 g/mol. The summed E-state index contributed by atoms with van der Waals surface area (Å²) in [6, 6.07) is 63.1. The Morgan fingerprint density at radius 2 is 1.06 bits per heavy atom. The maximum absolute atomic E-state index is 5.35. The minimum Gasteiger partial charge on any atom is -0.277 e. The molecular formula is C48H29N3S. The van der Waals surface area contributed by atoms with Crippen molar-refractivity contribution in [1.82, 2.24) is 14.5 Å². The molecule has 0 saturated heterocycles. The first kappa shape index (κ1) is 29.1. The van der Waals surface area contributed by atoms with Gasteiger partial charge < -0.3 is 0 Å². The van der Waals surface area contributed by atoms with Gasteiger partial charge in [-0.25, -0.2) is 9.97 Å². The molecule has 3 nitrogen and oxygen atoms in total. The van der Waals surface area contributed by atoms with Crippen LogP contribution in [0.1, 0.15) is 0 Å². The van der Waals surface area contributed by atoms with E-state index in [1.807, 2.05) is 23.5 Å². The lowest BCUT2D eigenvalue weighted by atomic mass is 9.99. The monoisotopic (exact) mass is 679 g/mol. The number of rotatable bonds is 4. The van der Waals surface area contributed by atoms with Gasteiger partial charge >= 0.3 is 0 Å². The molecule has 0 aliphatic heterocycles. The van der Waals surface area contributed by atoms with Crippen molar-refractivity contribution >= 4 is 74.9 Å². The molecule has 0 bridgehead atoms. The summed E-state index contributed by atoms with van der Waals surface area (Å²) in [5.41, 5.74) is 8.38. The van der Waals surface area contributed by atoms with Crippen LogP contribution in [0.15, 0.2) is 176 Å². The van der Waals surface area contributed by atoms with Gasteiger partial charge in [-0.05, 0) is 57.4 Å². The third-order valence-electron chi connectivity index (χ3n) is 10.4. The van der Waals surface area contributed by atoms with Crippen molar-refractivity contribution in [3.63, 3.8) is 0 Å². The number of nitrogens with zero attached hydrogens (tertiary/aromatic N) is 3. The van der Waals surface area contributed by atoms with Crippen LogP contribution in [-0.2, 0) is 0 Å². The fourth-order valence-electron chi connectivity index (χ4n) is 7.95. The fraction of sp³-hybridized carbons (Fsp3) is 0. The molecule has 11 rings (SSSR count). The molecule has 3 aromatic heterocycles. The topological polar surface area (TPSA) is 30.7 Å². The Morgan fingerprint density at radius 3 is 1.81 bits per heavy atom. The Labute approximate surface area is 303 Å². The first-order valence-corrected chi connectivity index (χ1v) is 18.4. The van der Waals surface area contributed by atoms with E-state index >= 15 is 0 Å². The van der Waals surface area contributed by atoms with E-state index in [1.165, 1.54) is 58.1 Å². The van der Waals surface area contributed by atoms with E-state index in [-0.39, 0.29) is 0 Å². The summed E-state index contributed by atoms with van der Waals surface area (Å²) >= 11 is 1.87. The zero-order valence-corrected chi connectivity index (χ0v) is 28.8. The third-order valence-corrected chi connectivity index (χ3v) is 11.5. The molecule has 0 atom stereocenters. The van der Waals surface area contributed by atoms with Crippen LogP contribution in [-0.4, -0.2) is 14.5 Å². The van der Waals surface area contributed by atoms with Crippen LogP contribution in [0.25, 0.3) is 103 Å². The summed E-state index contributed by atoms with van der Waals surface area (Å²) in [6.07, 6.45) is 0. The second kappa shape index (κ2) is 11.5. The molecule has 0 spiro atoms. The molecule has 3 heterocycles. The summed E-state index contributed by atoms with van der Waals surface area (Å²) in [4.78, 5) is 10.7.